The monoisotopic (exact) mass is 275 g/mol. The largest absolute Gasteiger partial charge is 0.368 e. The lowest BCUT2D eigenvalue weighted by atomic mass is 10.1. The fourth-order valence-electron chi connectivity index (χ4n) is 2.43. The Labute approximate surface area is 121 Å². The lowest BCUT2D eigenvalue weighted by Gasteiger charge is -2.36. The number of aryl methyl sites for hydroxylation is 2. The first-order valence-electron chi connectivity index (χ1n) is 7.35. The Balaban J connectivity index is 1.94. The number of benzene rings is 1. The quantitative estimate of drug-likeness (QED) is 0.900. The van der Waals surface area contributed by atoms with Gasteiger partial charge in [-0.3, -0.25) is 0 Å². The van der Waals surface area contributed by atoms with Crippen LogP contribution in [-0.2, 0) is 0 Å². The number of nitrogens with one attached hydrogen (secondary N) is 1. The number of anilines is 1. The minimum absolute atomic E-state index is 0.0553. The second-order valence-electron chi connectivity index (χ2n) is 5.85. The predicted molar refractivity (Wildman–Crippen MR) is 83.4 cm³/mol. The number of amides is 2. The molecule has 110 valence electrons. The molecule has 1 aliphatic heterocycles. The number of rotatable bonds is 2. The maximum atomic E-state index is 11.9. The molecule has 2 rings (SSSR count). The molecule has 1 saturated heterocycles. The van der Waals surface area contributed by atoms with Gasteiger partial charge in [0, 0.05) is 37.9 Å². The van der Waals surface area contributed by atoms with Gasteiger partial charge in [-0.1, -0.05) is 6.07 Å². The topological polar surface area (TPSA) is 35.6 Å². The zero-order valence-corrected chi connectivity index (χ0v) is 12.9. The van der Waals surface area contributed by atoms with Crippen molar-refractivity contribution in [3.8, 4) is 0 Å². The van der Waals surface area contributed by atoms with Crippen LogP contribution in [0.4, 0.5) is 10.5 Å². The number of hydrogen-bond donors (Lipinski definition) is 1. The molecule has 20 heavy (non-hydrogen) atoms. The van der Waals surface area contributed by atoms with Crippen LogP contribution >= 0.6 is 0 Å². The Hall–Kier alpha value is -1.71. The van der Waals surface area contributed by atoms with E-state index in [0.29, 0.717) is 0 Å². The van der Waals surface area contributed by atoms with E-state index in [0.717, 1.165) is 26.2 Å². The molecule has 1 fully saturated rings. The molecule has 1 aromatic rings. The second-order valence-corrected chi connectivity index (χ2v) is 5.85. The number of urea groups is 1. The molecule has 0 spiro atoms. The summed E-state index contributed by atoms with van der Waals surface area (Å²) in [7, 11) is 0. The Morgan fingerprint density at radius 2 is 1.75 bits per heavy atom. The van der Waals surface area contributed by atoms with Crippen LogP contribution in [0.15, 0.2) is 18.2 Å². The van der Waals surface area contributed by atoms with Gasteiger partial charge >= 0.3 is 6.03 Å². The molecule has 0 radical (unpaired) electrons. The molecule has 0 aromatic heterocycles. The summed E-state index contributed by atoms with van der Waals surface area (Å²) in [4.78, 5) is 16.2. The third-order valence-electron chi connectivity index (χ3n) is 3.83. The molecule has 1 aliphatic rings. The first kappa shape index (κ1) is 14.7. The number of carbonyl (C=O) groups excluding carboxylic acids is 1. The van der Waals surface area contributed by atoms with Crippen molar-refractivity contribution in [1.82, 2.24) is 10.2 Å². The van der Waals surface area contributed by atoms with Gasteiger partial charge in [-0.25, -0.2) is 4.79 Å². The van der Waals surface area contributed by atoms with Crippen LogP contribution in [0.1, 0.15) is 25.0 Å². The molecule has 0 bridgehead atoms. The molecule has 4 heteroatoms. The molecule has 1 heterocycles. The zero-order chi connectivity index (χ0) is 14.7. The van der Waals surface area contributed by atoms with Crippen LogP contribution < -0.4 is 10.2 Å². The SMILES string of the molecule is Cc1ccc(N2CCN(C(=O)NC(C)C)CC2)cc1C. The third kappa shape index (κ3) is 3.44. The van der Waals surface area contributed by atoms with Crippen molar-refractivity contribution in [2.24, 2.45) is 0 Å². The summed E-state index contributed by atoms with van der Waals surface area (Å²) in [5.41, 5.74) is 3.91. The highest BCUT2D eigenvalue weighted by atomic mass is 16.2. The van der Waals surface area contributed by atoms with Gasteiger partial charge in [0.1, 0.15) is 0 Å². The van der Waals surface area contributed by atoms with E-state index in [9.17, 15) is 4.79 Å². The van der Waals surface area contributed by atoms with E-state index >= 15 is 0 Å². The van der Waals surface area contributed by atoms with Crippen LogP contribution in [0.3, 0.4) is 0 Å². The molecular formula is C16H25N3O. The lowest BCUT2D eigenvalue weighted by Crippen LogP contribution is -2.52. The molecule has 0 aliphatic carbocycles. The van der Waals surface area contributed by atoms with Crippen LogP contribution in [-0.4, -0.2) is 43.2 Å². The number of carbonyl (C=O) groups is 1. The highest BCUT2D eigenvalue weighted by Crippen LogP contribution is 2.20. The average molecular weight is 275 g/mol. The normalized spacial score (nSPS) is 15.7. The van der Waals surface area contributed by atoms with Crippen LogP contribution in [0.2, 0.25) is 0 Å². The molecule has 0 saturated carbocycles. The van der Waals surface area contributed by atoms with Gasteiger partial charge in [-0.15, -0.1) is 0 Å². The highest BCUT2D eigenvalue weighted by molar-refractivity contribution is 5.74. The van der Waals surface area contributed by atoms with E-state index < -0.39 is 0 Å². The summed E-state index contributed by atoms with van der Waals surface area (Å²) in [5.74, 6) is 0. The molecule has 4 nitrogen and oxygen atoms in total. The van der Waals surface area contributed by atoms with Crippen molar-refractivity contribution in [2.75, 3.05) is 31.1 Å². The van der Waals surface area contributed by atoms with Crippen molar-refractivity contribution in [3.05, 3.63) is 29.3 Å². The molecule has 1 aromatic carbocycles. The fourth-order valence-corrected chi connectivity index (χ4v) is 2.43. The lowest BCUT2D eigenvalue weighted by molar-refractivity contribution is 0.192. The van der Waals surface area contributed by atoms with Crippen molar-refractivity contribution < 1.29 is 4.79 Å². The van der Waals surface area contributed by atoms with E-state index in [4.69, 9.17) is 0 Å². The highest BCUT2D eigenvalue weighted by Gasteiger charge is 2.21. The van der Waals surface area contributed by atoms with Gasteiger partial charge in [0.2, 0.25) is 0 Å². The number of piperazine rings is 1. The van der Waals surface area contributed by atoms with E-state index in [-0.39, 0.29) is 12.1 Å². The summed E-state index contributed by atoms with van der Waals surface area (Å²) in [6.45, 7) is 11.6. The molecule has 0 unspecified atom stereocenters. The Bertz CT molecular complexity index is 477. The van der Waals surface area contributed by atoms with Crippen molar-refractivity contribution in [1.29, 1.82) is 0 Å². The Morgan fingerprint density at radius 3 is 2.30 bits per heavy atom. The van der Waals surface area contributed by atoms with Crippen LogP contribution in [0, 0.1) is 13.8 Å². The number of hydrogen-bond acceptors (Lipinski definition) is 2. The minimum atomic E-state index is 0.0553. The minimum Gasteiger partial charge on any atom is -0.368 e. The molecule has 0 atom stereocenters. The van der Waals surface area contributed by atoms with Gasteiger partial charge in [0.15, 0.2) is 0 Å². The first-order chi connectivity index (χ1) is 9.47. The number of nitrogens with zero attached hydrogens (tertiary/aromatic N) is 2. The zero-order valence-electron chi connectivity index (χ0n) is 12.9. The average Bonchev–Trinajstić information content (AvgIpc) is 2.41. The van der Waals surface area contributed by atoms with Crippen molar-refractivity contribution >= 4 is 11.7 Å². The summed E-state index contributed by atoms with van der Waals surface area (Å²) in [5, 5.41) is 2.95. The standard InChI is InChI=1S/C16H25N3O/c1-12(2)17-16(20)19-9-7-18(8-10-19)15-6-5-13(3)14(4)11-15/h5-6,11-12H,7-10H2,1-4H3,(H,17,20). The van der Waals surface area contributed by atoms with Gasteiger partial charge in [0.25, 0.3) is 0 Å². The predicted octanol–water partition coefficient (Wildman–Crippen LogP) is 2.54. The first-order valence-corrected chi connectivity index (χ1v) is 7.35. The van der Waals surface area contributed by atoms with Gasteiger partial charge in [-0.05, 0) is 51.0 Å². The van der Waals surface area contributed by atoms with Crippen LogP contribution in [0.25, 0.3) is 0 Å². The summed E-state index contributed by atoms with van der Waals surface area (Å²) < 4.78 is 0. The summed E-state index contributed by atoms with van der Waals surface area (Å²) in [6.07, 6.45) is 0. The van der Waals surface area contributed by atoms with Gasteiger partial charge in [-0.2, -0.15) is 0 Å². The van der Waals surface area contributed by atoms with Crippen LogP contribution in [0.5, 0.6) is 0 Å². The van der Waals surface area contributed by atoms with E-state index in [2.05, 4.69) is 42.3 Å². The Morgan fingerprint density at radius 1 is 1.10 bits per heavy atom. The molecular weight excluding hydrogens is 250 g/mol. The third-order valence-corrected chi connectivity index (χ3v) is 3.83. The molecule has 2 amide bonds. The Kier molecular flexibility index (Phi) is 4.53. The van der Waals surface area contributed by atoms with Crippen molar-refractivity contribution in [2.45, 2.75) is 33.7 Å². The van der Waals surface area contributed by atoms with Crippen molar-refractivity contribution in [3.63, 3.8) is 0 Å². The van der Waals surface area contributed by atoms with Gasteiger partial charge in [0.05, 0.1) is 0 Å². The molecule has 1 N–H and O–H groups in total. The second kappa shape index (κ2) is 6.16. The van der Waals surface area contributed by atoms with Gasteiger partial charge < -0.3 is 15.1 Å². The van der Waals surface area contributed by atoms with E-state index in [1.54, 1.807) is 0 Å². The maximum absolute atomic E-state index is 11.9. The summed E-state index contributed by atoms with van der Waals surface area (Å²) in [6, 6.07) is 6.83. The smallest absolute Gasteiger partial charge is 0.317 e. The van der Waals surface area contributed by atoms with E-state index in [1.165, 1.54) is 16.8 Å². The summed E-state index contributed by atoms with van der Waals surface area (Å²) >= 11 is 0. The fraction of sp³-hybridized carbons (Fsp3) is 0.562. The maximum Gasteiger partial charge on any atom is 0.317 e. The van der Waals surface area contributed by atoms with E-state index in [1.807, 2.05) is 18.7 Å².